The van der Waals surface area contributed by atoms with Gasteiger partial charge in [-0.2, -0.15) is 0 Å². The molecular weight excluding hydrogens is 296 g/mol. The van der Waals surface area contributed by atoms with E-state index in [2.05, 4.69) is 59.1 Å². The van der Waals surface area contributed by atoms with Crippen LogP contribution in [0.25, 0.3) is 0 Å². The Balaban J connectivity index is 2.42. The molecule has 1 unspecified atom stereocenters. The number of hydrazine groups is 1. The Morgan fingerprint density at radius 2 is 2.12 bits per heavy atom. The van der Waals surface area contributed by atoms with Gasteiger partial charge in [-0.05, 0) is 37.1 Å². The summed E-state index contributed by atoms with van der Waals surface area (Å²) in [6.07, 6.45) is 1.96. The average Bonchev–Trinajstić information content (AvgIpc) is 2.36. The second-order valence-corrected chi connectivity index (χ2v) is 5.95. The molecule has 2 nitrogen and oxygen atoms in total. The van der Waals surface area contributed by atoms with Crippen LogP contribution in [0.1, 0.15) is 19.8 Å². The van der Waals surface area contributed by atoms with E-state index >= 15 is 0 Å². The minimum Gasteiger partial charge on any atom is -0.271 e. The van der Waals surface area contributed by atoms with Crippen LogP contribution in [0.15, 0.2) is 45.8 Å². The molecule has 4 heteroatoms. The van der Waals surface area contributed by atoms with Gasteiger partial charge in [-0.25, -0.2) is 0 Å². The SMILES string of the molecule is C=C(CC)CC(CSc1ccc(Br)cc1)NN. The van der Waals surface area contributed by atoms with Gasteiger partial charge in [-0.1, -0.05) is 35.0 Å². The maximum Gasteiger partial charge on any atom is 0.0341 e. The molecule has 94 valence electrons. The third-order valence-corrected chi connectivity index (χ3v) is 4.24. The van der Waals surface area contributed by atoms with Crippen molar-refractivity contribution in [1.82, 2.24) is 5.43 Å². The first-order valence-electron chi connectivity index (χ1n) is 5.66. The van der Waals surface area contributed by atoms with E-state index in [4.69, 9.17) is 5.84 Å². The minimum atomic E-state index is 0.288. The van der Waals surface area contributed by atoms with E-state index in [0.29, 0.717) is 0 Å². The molecule has 0 heterocycles. The topological polar surface area (TPSA) is 38.0 Å². The van der Waals surface area contributed by atoms with E-state index in [-0.39, 0.29) is 6.04 Å². The summed E-state index contributed by atoms with van der Waals surface area (Å²) >= 11 is 5.24. The molecule has 0 aliphatic rings. The highest BCUT2D eigenvalue weighted by Gasteiger charge is 2.08. The molecule has 1 rings (SSSR count). The lowest BCUT2D eigenvalue weighted by atomic mass is 10.1. The third kappa shape index (κ3) is 5.73. The lowest BCUT2D eigenvalue weighted by molar-refractivity contribution is 0.568. The summed E-state index contributed by atoms with van der Waals surface area (Å²) in [5, 5.41) is 0. The van der Waals surface area contributed by atoms with Gasteiger partial charge in [-0.15, -0.1) is 11.8 Å². The Morgan fingerprint density at radius 1 is 1.47 bits per heavy atom. The van der Waals surface area contributed by atoms with Crippen molar-refractivity contribution in [2.45, 2.75) is 30.7 Å². The van der Waals surface area contributed by atoms with E-state index in [0.717, 1.165) is 23.1 Å². The summed E-state index contributed by atoms with van der Waals surface area (Å²) in [5.41, 5.74) is 4.10. The maximum absolute atomic E-state index is 5.55. The highest BCUT2D eigenvalue weighted by Crippen LogP contribution is 2.22. The molecule has 0 aliphatic heterocycles. The van der Waals surface area contributed by atoms with Gasteiger partial charge in [0.2, 0.25) is 0 Å². The fraction of sp³-hybridized carbons (Fsp3) is 0.385. The minimum absolute atomic E-state index is 0.288. The van der Waals surface area contributed by atoms with Crippen LogP contribution in [0.3, 0.4) is 0 Å². The van der Waals surface area contributed by atoms with Gasteiger partial charge in [0.25, 0.3) is 0 Å². The fourth-order valence-corrected chi connectivity index (χ4v) is 2.59. The molecule has 1 atom stereocenters. The van der Waals surface area contributed by atoms with Crippen molar-refractivity contribution in [2.24, 2.45) is 5.84 Å². The third-order valence-electron chi connectivity index (χ3n) is 2.54. The van der Waals surface area contributed by atoms with Gasteiger partial charge in [0, 0.05) is 21.2 Å². The number of nitrogens with one attached hydrogen (secondary N) is 1. The van der Waals surface area contributed by atoms with Crippen molar-refractivity contribution >= 4 is 27.7 Å². The normalized spacial score (nSPS) is 12.4. The molecular formula is C13H19BrN2S. The summed E-state index contributed by atoms with van der Waals surface area (Å²) in [5.74, 6) is 6.51. The molecule has 0 fully saturated rings. The quantitative estimate of drug-likeness (QED) is 0.348. The Hall–Kier alpha value is -0.290. The predicted octanol–water partition coefficient (Wildman–Crippen LogP) is 3.73. The predicted molar refractivity (Wildman–Crippen MR) is 80.0 cm³/mol. The standard InChI is InChI=1S/C13H19BrN2S/c1-3-10(2)8-12(16-15)9-17-13-6-4-11(14)5-7-13/h4-7,12,16H,2-3,8-9,15H2,1H3. The van der Waals surface area contributed by atoms with E-state index in [1.807, 2.05) is 11.8 Å². The lowest BCUT2D eigenvalue weighted by Crippen LogP contribution is -2.37. The van der Waals surface area contributed by atoms with Crippen molar-refractivity contribution in [1.29, 1.82) is 0 Å². The van der Waals surface area contributed by atoms with Crippen LogP contribution in [-0.2, 0) is 0 Å². The number of thioether (sulfide) groups is 1. The van der Waals surface area contributed by atoms with Crippen LogP contribution < -0.4 is 11.3 Å². The van der Waals surface area contributed by atoms with Crippen LogP contribution in [-0.4, -0.2) is 11.8 Å². The number of halogens is 1. The van der Waals surface area contributed by atoms with Crippen molar-refractivity contribution in [3.05, 3.63) is 40.9 Å². The van der Waals surface area contributed by atoms with Crippen molar-refractivity contribution in [3.63, 3.8) is 0 Å². The molecule has 0 saturated carbocycles. The highest BCUT2D eigenvalue weighted by molar-refractivity contribution is 9.10. The molecule has 0 spiro atoms. The fourth-order valence-electron chi connectivity index (χ4n) is 1.39. The lowest BCUT2D eigenvalue weighted by Gasteiger charge is -2.16. The summed E-state index contributed by atoms with van der Waals surface area (Å²) in [6, 6.07) is 8.61. The number of hydrogen-bond acceptors (Lipinski definition) is 3. The molecule has 0 aromatic heterocycles. The molecule has 3 N–H and O–H groups in total. The second kappa shape index (κ2) is 7.93. The summed E-state index contributed by atoms with van der Waals surface area (Å²) in [6.45, 7) is 6.14. The molecule has 0 aliphatic carbocycles. The zero-order valence-corrected chi connectivity index (χ0v) is 12.5. The molecule has 0 amide bonds. The van der Waals surface area contributed by atoms with Crippen LogP contribution in [0, 0.1) is 0 Å². The van der Waals surface area contributed by atoms with Crippen molar-refractivity contribution in [2.75, 3.05) is 5.75 Å². The summed E-state index contributed by atoms with van der Waals surface area (Å²) in [4.78, 5) is 1.26. The molecule has 0 radical (unpaired) electrons. The van der Waals surface area contributed by atoms with Crippen molar-refractivity contribution < 1.29 is 0 Å². The Labute approximate surface area is 116 Å². The van der Waals surface area contributed by atoms with E-state index in [9.17, 15) is 0 Å². The number of hydrogen-bond donors (Lipinski definition) is 2. The molecule has 1 aromatic carbocycles. The first-order chi connectivity index (χ1) is 8.15. The van der Waals surface area contributed by atoms with Gasteiger partial charge in [0.15, 0.2) is 0 Å². The van der Waals surface area contributed by atoms with E-state index in [1.54, 1.807) is 0 Å². The summed E-state index contributed by atoms with van der Waals surface area (Å²) < 4.78 is 1.11. The molecule has 0 saturated heterocycles. The van der Waals surface area contributed by atoms with Gasteiger partial charge in [0.1, 0.15) is 0 Å². The molecule has 1 aromatic rings. The maximum atomic E-state index is 5.55. The largest absolute Gasteiger partial charge is 0.271 e. The highest BCUT2D eigenvalue weighted by atomic mass is 79.9. The van der Waals surface area contributed by atoms with Gasteiger partial charge in [-0.3, -0.25) is 11.3 Å². The number of benzene rings is 1. The zero-order chi connectivity index (χ0) is 12.7. The van der Waals surface area contributed by atoms with Gasteiger partial charge in [0.05, 0.1) is 0 Å². The smallest absolute Gasteiger partial charge is 0.0341 e. The van der Waals surface area contributed by atoms with Crippen LogP contribution in [0.5, 0.6) is 0 Å². The Kier molecular flexibility index (Phi) is 6.89. The number of nitrogens with two attached hydrogens (primary N) is 1. The first-order valence-corrected chi connectivity index (χ1v) is 7.44. The summed E-state index contributed by atoms with van der Waals surface area (Å²) in [7, 11) is 0. The molecule has 17 heavy (non-hydrogen) atoms. The van der Waals surface area contributed by atoms with Crippen LogP contribution >= 0.6 is 27.7 Å². The van der Waals surface area contributed by atoms with E-state index < -0.39 is 0 Å². The molecule has 0 bridgehead atoms. The van der Waals surface area contributed by atoms with Gasteiger partial charge >= 0.3 is 0 Å². The zero-order valence-electron chi connectivity index (χ0n) is 10.1. The van der Waals surface area contributed by atoms with Gasteiger partial charge < -0.3 is 0 Å². The average molecular weight is 315 g/mol. The van der Waals surface area contributed by atoms with Crippen LogP contribution in [0.2, 0.25) is 0 Å². The van der Waals surface area contributed by atoms with Crippen LogP contribution in [0.4, 0.5) is 0 Å². The Bertz CT molecular complexity index is 351. The monoisotopic (exact) mass is 314 g/mol. The second-order valence-electron chi connectivity index (χ2n) is 3.94. The van der Waals surface area contributed by atoms with Crippen molar-refractivity contribution in [3.8, 4) is 0 Å². The Morgan fingerprint density at radius 3 is 2.65 bits per heavy atom. The first kappa shape index (κ1) is 14.8. The number of rotatable bonds is 7. The van der Waals surface area contributed by atoms with E-state index in [1.165, 1.54) is 10.5 Å².